The molecule has 0 heterocycles. The number of carbonyl (C=O) groups is 1. The molecule has 0 aliphatic heterocycles. The maximum Gasteiger partial charge on any atom is 0.119 e. The van der Waals surface area contributed by atoms with Gasteiger partial charge in [-0.05, 0) is 6.42 Å². The third-order valence-corrected chi connectivity index (χ3v) is 2.93. The Morgan fingerprint density at radius 1 is 0.688 bits per heavy atom. The summed E-state index contributed by atoms with van der Waals surface area (Å²) in [5.41, 5.74) is 0. The van der Waals surface area contributed by atoms with Crippen molar-refractivity contribution in [2.24, 2.45) is 0 Å². The second-order valence-corrected chi connectivity index (χ2v) is 4.49. The first kappa shape index (κ1) is 18.7. The van der Waals surface area contributed by atoms with Crippen molar-refractivity contribution in [1.82, 2.24) is 0 Å². The molecule has 0 bridgehead atoms. The third-order valence-electron chi connectivity index (χ3n) is 2.93. The predicted molar refractivity (Wildman–Crippen MR) is 67.1 cm³/mol. The van der Waals surface area contributed by atoms with Crippen LogP contribution in [0.5, 0.6) is 0 Å². The second-order valence-electron chi connectivity index (χ2n) is 4.49. The first-order valence-corrected chi connectivity index (χ1v) is 6.85. The molecule has 0 saturated carbocycles. The molecule has 2 heteroatoms. The largest absolute Gasteiger partial charge is 0.303 e. The maximum absolute atomic E-state index is 10.1. The quantitative estimate of drug-likeness (QED) is 0.282. The minimum absolute atomic E-state index is 0. The molecule has 1 nitrogen and oxygen atoms in total. The molecule has 0 aromatic heterocycles. The van der Waals surface area contributed by atoms with Gasteiger partial charge >= 0.3 is 0 Å². The van der Waals surface area contributed by atoms with Gasteiger partial charge in [-0.2, -0.15) is 0 Å². The van der Waals surface area contributed by atoms with Gasteiger partial charge in [0, 0.05) is 25.9 Å². The summed E-state index contributed by atoms with van der Waals surface area (Å²) in [7, 11) is 0. The van der Waals surface area contributed by atoms with E-state index in [2.05, 4.69) is 6.92 Å². The molecule has 0 fully saturated rings. The molecule has 0 aromatic rings. The van der Waals surface area contributed by atoms with E-state index in [1.54, 1.807) is 0 Å². The average molecular weight is 278 g/mol. The Balaban J connectivity index is 0. The van der Waals surface area contributed by atoms with Gasteiger partial charge in [0.2, 0.25) is 0 Å². The monoisotopic (exact) mass is 276 g/mol. The van der Waals surface area contributed by atoms with E-state index in [0.717, 1.165) is 19.1 Å². The van der Waals surface area contributed by atoms with Crippen LogP contribution >= 0.6 is 0 Å². The van der Waals surface area contributed by atoms with E-state index >= 15 is 0 Å². The van der Waals surface area contributed by atoms with Crippen molar-refractivity contribution in [1.29, 1.82) is 0 Å². The Kier molecular flexibility index (Phi) is 20.6. The minimum atomic E-state index is 0. The van der Waals surface area contributed by atoms with Crippen LogP contribution in [0.1, 0.15) is 84.0 Å². The van der Waals surface area contributed by atoms with E-state index in [1.165, 1.54) is 64.2 Å². The number of hydrogen-bond donors (Lipinski definition) is 0. The third kappa shape index (κ3) is 16.7. The SMILES string of the molecule is CCCCCCCCCCCCCC=O.[Zn]. The molecule has 0 amide bonds. The molecule has 0 rings (SSSR count). The van der Waals surface area contributed by atoms with Crippen molar-refractivity contribution >= 4 is 6.29 Å². The van der Waals surface area contributed by atoms with E-state index in [1.807, 2.05) is 0 Å². The van der Waals surface area contributed by atoms with Gasteiger partial charge in [0.1, 0.15) is 6.29 Å². The van der Waals surface area contributed by atoms with Crippen LogP contribution in [0.4, 0.5) is 0 Å². The summed E-state index contributed by atoms with van der Waals surface area (Å²) in [5.74, 6) is 0. The summed E-state index contributed by atoms with van der Waals surface area (Å²) >= 11 is 0. The van der Waals surface area contributed by atoms with E-state index in [9.17, 15) is 4.79 Å². The van der Waals surface area contributed by atoms with Crippen LogP contribution in [0.3, 0.4) is 0 Å². The minimum Gasteiger partial charge on any atom is -0.303 e. The van der Waals surface area contributed by atoms with Crippen LogP contribution in [0.15, 0.2) is 0 Å². The van der Waals surface area contributed by atoms with Gasteiger partial charge in [-0.1, -0.05) is 71.1 Å². The molecule has 92 valence electrons. The molecule has 0 aliphatic rings. The van der Waals surface area contributed by atoms with Gasteiger partial charge in [-0.3, -0.25) is 0 Å². The van der Waals surface area contributed by atoms with Gasteiger partial charge in [0.15, 0.2) is 0 Å². The van der Waals surface area contributed by atoms with Crippen LogP contribution in [-0.2, 0) is 24.3 Å². The van der Waals surface area contributed by atoms with E-state index in [4.69, 9.17) is 0 Å². The summed E-state index contributed by atoms with van der Waals surface area (Å²) in [6.45, 7) is 2.26. The fourth-order valence-electron chi connectivity index (χ4n) is 1.89. The predicted octanol–water partition coefficient (Wildman–Crippen LogP) is 4.88. The fourth-order valence-corrected chi connectivity index (χ4v) is 1.89. The van der Waals surface area contributed by atoms with Gasteiger partial charge in [0.05, 0.1) is 0 Å². The molecular formula is C14H28OZn. The Hall–Kier alpha value is 0.293. The van der Waals surface area contributed by atoms with Crippen molar-refractivity contribution in [3.63, 3.8) is 0 Å². The van der Waals surface area contributed by atoms with Gasteiger partial charge in [-0.15, -0.1) is 0 Å². The number of unbranched alkanes of at least 4 members (excludes halogenated alkanes) is 11. The topological polar surface area (TPSA) is 17.1 Å². The van der Waals surface area contributed by atoms with Crippen LogP contribution in [-0.4, -0.2) is 6.29 Å². The summed E-state index contributed by atoms with van der Waals surface area (Å²) in [4.78, 5) is 10.1. The van der Waals surface area contributed by atoms with E-state index in [-0.39, 0.29) is 19.5 Å². The molecule has 0 aromatic carbocycles. The fraction of sp³-hybridized carbons (Fsp3) is 0.929. The summed E-state index contributed by atoms with van der Waals surface area (Å²) in [6, 6.07) is 0. The maximum atomic E-state index is 10.1. The standard InChI is InChI=1S/C14H28O.Zn/c1-2-3-4-5-6-7-8-9-10-11-12-13-14-15;/h14H,2-13H2,1H3;. The van der Waals surface area contributed by atoms with Gasteiger partial charge in [0.25, 0.3) is 0 Å². The zero-order valence-corrected chi connectivity index (χ0v) is 14.1. The Morgan fingerprint density at radius 2 is 1.06 bits per heavy atom. The summed E-state index contributed by atoms with van der Waals surface area (Å²) in [6.07, 6.45) is 16.7. The first-order valence-electron chi connectivity index (χ1n) is 6.85. The molecule has 16 heavy (non-hydrogen) atoms. The Morgan fingerprint density at radius 3 is 1.44 bits per heavy atom. The first-order chi connectivity index (χ1) is 7.41. The smallest absolute Gasteiger partial charge is 0.119 e. The number of hydrogen-bond acceptors (Lipinski definition) is 1. The van der Waals surface area contributed by atoms with Crippen LogP contribution in [0.25, 0.3) is 0 Å². The summed E-state index contributed by atoms with van der Waals surface area (Å²) in [5, 5.41) is 0. The van der Waals surface area contributed by atoms with Crippen LogP contribution in [0.2, 0.25) is 0 Å². The number of rotatable bonds is 12. The molecule has 0 radical (unpaired) electrons. The zero-order valence-electron chi connectivity index (χ0n) is 11.2. The molecule has 0 N–H and O–H groups in total. The van der Waals surface area contributed by atoms with E-state index in [0.29, 0.717) is 0 Å². The van der Waals surface area contributed by atoms with Crippen molar-refractivity contribution in [3.8, 4) is 0 Å². The van der Waals surface area contributed by atoms with Crippen molar-refractivity contribution in [2.45, 2.75) is 84.0 Å². The normalized spacial score (nSPS) is 9.81. The van der Waals surface area contributed by atoms with E-state index < -0.39 is 0 Å². The molecule has 0 spiro atoms. The van der Waals surface area contributed by atoms with Gasteiger partial charge < -0.3 is 4.79 Å². The average Bonchev–Trinajstić information content (AvgIpc) is 2.26. The Labute approximate surface area is 115 Å². The zero-order chi connectivity index (χ0) is 11.2. The van der Waals surface area contributed by atoms with Crippen LogP contribution in [0, 0.1) is 0 Å². The summed E-state index contributed by atoms with van der Waals surface area (Å²) < 4.78 is 0. The van der Waals surface area contributed by atoms with Gasteiger partial charge in [-0.25, -0.2) is 0 Å². The second kappa shape index (κ2) is 17.7. The number of carbonyl (C=O) groups excluding carboxylic acids is 1. The molecule has 0 aliphatic carbocycles. The van der Waals surface area contributed by atoms with Crippen LogP contribution < -0.4 is 0 Å². The molecular weight excluding hydrogens is 250 g/mol. The molecule has 0 atom stereocenters. The number of aldehydes is 1. The molecule has 0 saturated heterocycles. The van der Waals surface area contributed by atoms with Crippen molar-refractivity contribution < 1.29 is 24.3 Å². The van der Waals surface area contributed by atoms with Crippen molar-refractivity contribution in [3.05, 3.63) is 0 Å². The molecule has 0 unspecified atom stereocenters. The van der Waals surface area contributed by atoms with Crippen molar-refractivity contribution in [2.75, 3.05) is 0 Å². The Bertz CT molecular complexity index is 126.